The lowest BCUT2D eigenvalue weighted by Crippen LogP contribution is -2.30. The second-order valence-corrected chi connectivity index (χ2v) is 4.42. The Morgan fingerprint density at radius 2 is 1.94 bits per heavy atom. The zero-order valence-electron chi connectivity index (χ0n) is 10.7. The molecule has 1 rings (SSSR count). The van der Waals surface area contributed by atoms with Crippen molar-refractivity contribution in [2.45, 2.75) is 58.5 Å². The number of pyridine rings is 1. The molecule has 0 spiro atoms. The van der Waals surface area contributed by atoms with Gasteiger partial charge >= 0.3 is 0 Å². The molecule has 1 aromatic heterocycles. The van der Waals surface area contributed by atoms with E-state index in [-0.39, 0.29) is 0 Å². The SMILES string of the molecule is CCCCC(CC)N[C@H](C)c1ccncc1. The van der Waals surface area contributed by atoms with E-state index in [0.717, 1.165) is 0 Å². The molecular formula is C14H24N2. The molecule has 0 aliphatic carbocycles. The Kier molecular flexibility index (Phi) is 6.09. The minimum absolute atomic E-state index is 0.421. The van der Waals surface area contributed by atoms with Gasteiger partial charge in [-0.1, -0.05) is 26.7 Å². The summed E-state index contributed by atoms with van der Waals surface area (Å²) in [5.74, 6) is 0. The van der Waals surface area contributed by atoms with Gasteiger partial charge in [-0.2, -0.15) is 0 Å². The summed E-state index contributed by atoms with van der Waals surface area (Å²) < 4.78 is 0. The maximum Gasteiger partial charge on any atom is 0.0295 e. The molecule has 0 saturated carbocycles. The average Bonchev–Trinajstić information content (AvgIpc) is 2.35. The van der Waals surface area contributed by atoms with Gasteiger partial charge in [-0.15, -0.1) is 0 Å². The Balaban J connectivity index is 2.45. The standard InChI is InChI=1S/C14H24N2/c1-4-6-7-14(5-2)16-12(3)13-8-10-15-11-9-13/h8-12,14,16H,4-7H2,1-3H3/t12-,14?/m1/s1. The lowest BCUT2D eigenvalue weighted by atomic mass is 10.0. The molecule has 0 aromatic carbocycles. The second kappa shape index (κ2) is 7.39. The molecule has 1 unspecified atom stereocenters. The molecule has 1 N–H and O–H groups in total. The van der Waals surface area contributed by atoms with Gasteiger partial charge in [0.15, 0.2) is 0 Å². The Labute approximate surface area is 99.5 Å². The van der Waals surface area contributed by atoms with Gasteiger partial charge in [0, 0.05) is 24.5 Å². The fourth-order valence-corrected chi connectivity index (χ4v) is 1.96. The first-order valence-corrected chi connectivity index (χ1v) is 6.43. The van der Waals surface area contributed by atoms with Gasteiger partial charge in [0.2, 0.25) is 0 Å². The van der Waals surface area contributed by atoms with E-state index in [4.69, 9.17) is 0 Å². The van der Waals surface area contributed by atoms with E-state index in [1.54, 1.807) is 0 Å². The molecule has 0 fully saturated rings. The monoisotopic (exact) mass is 220 g/mol. The molecule has 0 saturated heterocycles. The van der Waals surface area contributed by atoms with Crippen molar-refractivity contribution < 1.29 is 0 Å². The minimum Gasteiger partial charge on any atom is -0.307 e. The average molecular weight is 220 g/mol. The van der Waals surface area contributed by atoms with Gasteiger partial charge in [-0.3, -0.25) is 4.98 Å². The second-order valence-electron chi connectivity index (χ2n) is 4.42. The lowest BCUT2D eigenvalue weighted by Gasteiger charge is -2.22. The fourth-order valence-electron chi connectivity index (χ4n) is 1.96. The van der Waals surface area contributed by atoms with Crippen LogP contribution in [0.3, 0.4) is 0 Å². The molecule has 2 nitrogen and oxygen atoms in total. The molecule has 0 radical (unpaired) electrons. The highest BCUT2D eigenvalue weighted by molar-refractivity contribution is 5.14. The normalized spacial score (nSPS) is 14.7. The largest absolute Gasteiger partial charge is 0.307 e. The summed E-state index contributed by atoms with van der Waals surface area (Å²) in [5, 5.41) is 3.69. The van der Waals surface area contributed by atoms with E-state index >= 15 is 0 Å². The quantitative estimate of drug-likeness (QED) is 0.758. The van der Waals surface area contributed by atoms with Crippen LogP contribution < -0.4 is 5.32 Å². The molecule has 0 amide bonds. The number of unbranched alkanes of at least 4 members (excludes halogenated alkanes) is 1. The molecule has 0 aliphatic rings. The van der Waals surface area contributed by atoms with Crippen LogP contribution in [0.4, 0.5) is 0 Å². The summed E-state index contributed by atoms with van der Waals surface area (Å²) in [6.45, 7) is 6.73. The zero-order valence-corrected chi connectivity index (χ0v) is 10.7. The smallest absolute Gasteiger partial charge is 0.0295 e. The summed E-state index contributed by atoms with van der Waals surface area (Å²) in [5.41, 5.74) is 1.32. The summed E-state index contributed by atoms with van der Waals surface area (Å²) in [4.78, 5) is 4.05. The highest BCUT2D eigenvalue weighted by Crippen LogP contribution is 2.14. The van der Waals surface area contributed by atoms with Crippen LogP contribution in [0.1, 0.15) is 58.1 Å². The Morgan fingerprint density at radius 1 is 1.25 bits per heavy atom. The van der Waals surface area contributed by atoms with Crippen LogP contribution in [0.2, 0.25) is 0 Å². The van der Waals surface area contributed by atoms with Crippen molar-refractivity contribution in [1.29, 1.82) is 0 Å². The molecule has 0 aliphatic heterocycles. The predicted octanol–water partition coefficient (Wildman–Crippen LogP) is 3.70. The number of nitrogens with one attached hydrogen (secondary N) is 1. The van der Waals surface area contributed by atoms with Crippen LogP contribution in [0.15, 0.2) is 24.5 Å². The molecule has 2 atom stereocenters. The van der Waals surface area contributed by atoms with E-state index in [1.807, 2.05) is 12.4 Å². The molecule has 0 bridgehead atoms. The van der Waals surface area contributed by atoms with Gasteiger partial charge in [-0.25, -0.2) is 0 Å². The van der Waals surface area contributed by atoms with Crippen molar-refractivity contribution in [3.8, 4) is 0 Å². The van der Waals surface area contributed by atoms with Gasteiger partial charge in [0.1, 0.15) is 0 Å². The summed E-state index contributed by atoms with van der Waals surface area (Å²) in [7, 11) is 0. The molecule has 90 valence electrons. The van der Waals surface area contributed by atoms with E-state index in [2.05, 4.69) is 43.2 Å². The van der Waals surface area contributed by atoms with Crippen molar-refractivity contribution >= 4 is 0 Å². The van der Waals surface area contributed by atoms with E-state index < -0.39 is 0 Å². The fraction of sp³-hybridized carbons (Fsp3) is 0.643. The molecular weight excluding hydrogens is 196 g/mol. The lowest BCUT2D eigenvalue weighted by molar-refractivity contribution is 0.410. The first kappa shape index (κ1) is 13.2. The predicted molar refractivity (Wildman–Crippen MR) is 69.4 cm³/mol. The third-order valence-corrected chi connectivity index (χ3v) is 3.09. The van der Waals surface area contributed by atoms with Crippen molar-refractivity contribution in [2.24, 2.45) is 0 Å². The van der Waals surface area contributed by atoms with Gasteiger partial charge in [-0.05, 0) is 37.5 Å². The van der Waals surface area contributed by atoms with Crippen molar-refractivity contribution in [3.05, 3.63) is 30.1 Å². The maximum absolute atomic E-state index is 4.05. The van der Waals surface area contributed by atoms with Gasteiger partial charge in [0.25, 0.3) is 0 Å². The topological polar surface area (TPSA) is 24.9 Å². The Hall–Kier alpha value is -0.890. The van der Waals surface area contributed by atoms with Crippen LogP contribution in [0, 0.1) is 0 Å². The Morgan fingerprint density at radius 3 is 2.50 bits per heavy atom. The van der Waals surface area contributed by atoms with Crippen molar-refractivity contribution in [2.75, 3.05) is 0 Å². The van der Waals surface area contributed by atoms with Crippen LogP contribution in [-0.4, -0.2) is 11.0 Å². The minimum atomic E-state index is 0.421. The molecule has 1 aromatic rings. The third-order valence-electron chi connectivity index (χ3n) is 3.09. The van der Waals surface area contributed by atoms with Crippen molar-refractivity contribution in [1.82, 2.24) is 10.3 Å². The zero-order chi connectivity index (χ0) is 11.8. The number of nitrogens with zero attached hydrogens (tertiary/aromatic N) is 1. The molecule has 1 heterocycles. The highest BCUT2D eigenvalue weighted by Gasteiger charge is 2.10. The third kappa shape index (κ3) is 4.31. The van der Waals surface area contributed by atoms with Gasteiger partial charge < -0.3 is 5.32 Å². The molecule has 16 heavy (non-hydrogen) atoms. The van der Waals surface area contributed by atoms with Gasteiger partial charge in [0.05, 0.1) is 0 Å². The van der Waals surface area contributed by atoms with Crippen LogP contribution in [0.5, 0.6) is 0 Å². The number of rotatable bonds is 7. The van der Waals surface area contributed by atoms with Crippen LogP contribution in [-0.2, 0) is 0 Å². The highest BCUT2D eigenvalue weighted by atomic mass is 14.9. The first-order valence-electron chi connectivity index (χ1n) is 6.43. The number of hydrogen-bond donors (Lipinski definition) is 1. The summed E-state index contributed by atoms with van der Waals surface area (Å²) in [6.07, 6.45) is 8.80. The van der Waals surface area contributed by atoms with Crippen molar-refractivity contribution in [3.63, 3.8) is 0 Å². The first-order chi connectivity index (χ1) is 7.77. The summed E-state index contributed by atoms with van der Waals surface area (Å²) in [6, 6.07) is 5.24. The Bertz CT molecular complexity index is 271. The van der Waals surface area contributed by atoms with E-state index in [1.165, 1.54) is 31.2 Å². The van der Waals surface area contributed by atoms with E-state index in [9.17, 15) is 0 Å². The molecule has 2 heteroatoms. The summed E-state index contributed by atoms with van der Waals surface area (Å²) >= 11 is 0. The van der Waals surface area contributed by atoms with Crippen LogP contribution in [0.25, 0.3) is 0 Å². The maximum atomic E-state index is 4.05. The van der Waals surface area contributed by atoms with Crippen LogP contribution >= 0.6 is 0 Å². The number of hydrogen-bond acceptors (Lipinski definition) is 2. The van der Waals surface area contributed by atoms with E-state index in [0.29, 0.717) is 12.1 Å². The number of aromatic nitrogens is 1.